The van der Waals surface area contributed by atoms with Crippen LogP contribution in [-0.4, -0.2) is 35.0 Å². The van der Waals surface area contributed by atoms with Crippen molar-refractivity contribution in [3.63, 3.8) is 0 Å². The van der Waals surface area contributed by atoms with Gasteiger partial charge >= 0.3 is 0 Å². The summed E-state index contributed by atoms with van der Waals surface area (Å²) in [6.45, 7) is 2.81. The van der Waals surface area contributed by atoms with E-state index >= 15 is 0 Å². The summed E-state index contributed by atoms with van der Waals surface area (Å²) in [6, 6.07) is 7.28. The normalized spacial score (nSPS) is 11.3. The number of aromatic nitrogens is 2. The third-order valence-corrected chi connectivity index (χ3v) is 4.52. The van der Waals surface area contributed by atoms with Gasteiger partial charge in [0.05, 0.1) is 11.6 Å². The van der Waals surface area contributed by atoms with Crippen LogP contribution >= 0.6 is 23.2 Å². The summed E-state index contributed by atoms with van der Waals surface area (Å²) in [6.07, 6.45) is 0.290. The number of hydrogen-bond acceptors (Lipinski definition) is 3. The highest BCUT2D eigenvalue weighted by molar-refractivity contribution is 6.41. The van der Waals surface area contributed by atoms with Gasteiger partial charge in [0.1, 0.15) is 11.0 Å². The van der Waals surface area contributed by atoms with E-state index in [1.165, 1.54) is 0 Å². The summed E-state index contributed by atoms with van der Waals surface area (Å²) >= 11 is 12.1. The molecule has 0 radical (unpaired) electrons. The van der Waals surface area contributed by atoms with Crippen LogP contribution in [0.4, 0.5) is 5.82 Å². The SMILES string of the molecule is CN=C(NCCC(=O)Nc1cccc(C)n1)NCc1cc(Cl)c(Cl)n1C. The van der Waals surface area contributed by atoms with Gasteiger partial charge in [-0.25, -0.2) is 4.98 Å². The van der Waals surface area contributed by atoms with E-state index in [0.29, 0.717) is 35.0 Å². The van der Waals surface area contributed by atoms with Crippen LogP contribution in [0.25, 0.3) is 0 Å². The van der Waals surface area contributed by atoms with Crippen LogP contribution in [0, 0.1) is 6.92 Å². The van der Waals surface area contributed by atoms with E-state index in [1.807, 2.05) is 26.1 Å². The second-order valence-electron chi connectivity index (χ2n) is 5.65. The molecule has 0 saturated carbocycles. The van der Waals surface area contributed by atoms with Crippen molar-refractivity contribution in [2.24, 2.45) is 12.0 Å². The van der Waals surface area contributed by atoms with Crippen molar-refractivity contribution in [3.05, 3.63) is 45.8 Å². The number of aliphatic imine (C=N–C) groups is 1. The molecule has 0 bridgehead atoms. The van der Waals surface area contributed by atoms with Crippen LogP contribution in [0.15, 0.2) is 29.3 Å². The standard InChI is InChI=1S/C17H22Cl2N6O/c1-11-5-4-6-14(23-11)24-15(26)7-8-21-17(20-2)22-10-12-9-13(18)16(19)25(12)3/h4-6,9H,7-8,10H2,1-3H3,(H2,20,21,22)(H,23,24,26). The minimum absolute atomic E-state index is 0.118. The van der Waals surface area contributed by atoms with Crippen LogP contribution in [-0.2, 0) is 18.4 Å². The third-order valence-electron chi connectivity index (χ3n) is 3.68. The fraction of sp³-hybridized carbons (Fsp3) is 0.353. The van der Waals surface area contributed by atoms with Gasteiger partial charge in [0.15, 0.2) is 5.96 Å². The number of nitrogens with one attached hydrogen (secondary N) is 3. The molecule has 0 fully saturated rings. The minimum Gasteiger partial charge on any atom is -0.356 e. The van der Waals surface area contributed by atoms with E-state index in [1.54, 1.807) is 23.7 Å². The molecule has 140 valence electrons. The molecule has 1 amide bonds. The Labute approximate surface area is 162 Å². The molecule has 0 aromatic carbocycles. The number of nitrogens with zero attached hydrogens (tertiary/aromatic N) is 3. The number of rotatable bonds is 6. The third kappa shape index (κ3) is 5.64. The van der Waals surface area contributed by atoms with Gasteiger partial charge in [-0.15, -0.1) is 0 Å². The molecule has 2 heterocycles. The fourth-order valence-electron chi connectivity index (χ4n) is 2.27. The Morgan fingerprint density at radius 2 is 2.08 bits per heavy atom. The highest BCUT2D eigenvalue weighted by atomic mass is 35.5. The molecule has 0 saturated heterocycles. The average molecular weight is 397 g/mol. The molecular weight excluding hydrogens is 375 g/mol. The van der Waals surface area contributed by atoms with Gasteiger partial charge in [-0.2, -0.15) is 0 Å². The number of guanidine groups is 1. The first-order chi connectivity index (χ1) is 12.4. The second kappa shape index (κ2) is 9.45. The summed E-state index contributed by atoms with van der Waals surface area (Å²) in [5.74, 6) is 1.02. The van der Waals surface area contributed by atoms with E-state index in [0.717, 1.165) is 11.4 Å². The predicted molar refractivity (Wildman–Crippen MR) is 106 cm³/mol. The smallest absolute Gasteiger partial charge is 0.227 e. The lowest BCUT2D eigenvalue weighted by Gasteiger charge is -2.12. The molecule has 0 aliphatic carbocycles. The van der Waals surface area contributed by atoms with Crippen LogP contribution in [0.1, 0.15) is 17.8 Å². The van der Waals surface area contributed by atoms with Crippen LogP contribution in [0.5, 0.6) is 0 Å². The highest BCUT2D eigenvalue weighted by Crippen LogP contribution is 2.24. The van der Waals surface area contributed by atoms with E-state index in [9.17, 15) is 4.79 Å². The Kier molecular flexibility index (Phi) is 7.29. The zero-order chi connectivity index (χ0) is 19.1. The Hall–Kier alpha value is -2.25. The highest BCUT2D eigenvalue weighted by Gasteiger charge is 2.09. The largest absolute Gasteiger partial charge is 0.356 e. The van der Waals surface area contributed by atoms with Crippen molar-refractivity contribution in [2.45, 2.75) is 19.9 Å². The fourth-order valence-corrected chi connectivity index (χ4v) is 2.68. The molecule has 26 heavy (non-hydrogen) atoms. The molecule has 0 aliphatic heterocycles. The topological polar surface area (TPSA) is 83.3 Å². The molecule has 2 rings (SSSR count). The maximum atomic E-state index is 12.0. The summed E-state index contributed by atoms with van der Waals surface area (Å²) in [5.41, 5.74) is 1.78. The molecular formula is C17H22Cl2N6O. The summed E-state index contributed by atoms with van der Waals surface area (Å²) in [4.78, 5) is 20.3. The van der Waals surface area contributed by atoms with E-state index in [2.05, 4.69) is 25.9 Å². The molecule has 3 N–H and O–H groups in total. The summed E-state index contributed by atoms with van der Waals surface area (Å²) in [7, 11) is 3.50. The van der Waals surface area contributed by atoms with E-state index in [4.69, 9.17) is 23.2 Å². The molecule has 2 aromatic rings. The van der Waals surface area contributed by atoms with Crippen LogP contribution < -0.4 is 16.0 Å². The number of pyridine rings is 1. The number of carbonyl (C=O) groups excluding carboxylic acids is 1. The maximum absolute atomic E-state index is 12.0. The molecule has 7 nitrogen and oxygen atoms in total. The number of anilines is 1. The van der Waals surface area contributed by atoms with Gasteiger partial charge in [0.2, 0.25) is 5.91 Å². The van der Waals surface area contributed by atoms with Crippen molar-refractivity contribution in [3.8, 4) is 0 Å². The lowest BCUT2D eigenvalue weighted by molar-refractivity contribution is -0.116. The lowest BCUT2D eigenvalue weighted by Crippen LogP contribution is -2.38. The number of aryl methyl sites for hydroxylation is 1. The van der Waals surface area contributed by atoms with Crippen molar-refractivity contribution in [1.82, 2.24) is 20.2 Å². The van der Waals surface area contributed by atoms with Crippen molar-refractivity contribution >= 4 is 40.9 Å². The van der Waals surface area contributed by atoms with Gasteiger partial charge in [0.25, 0.3) is 0 Å². The van der Waals surface area contributed by atoms with Gasteiger partial charge in [0, 0.05) is 38.4 Å². The molecule has 0 atom stereocenters. The molecule has 0 aliphatic rings. The number of carbonyl (C=O) groups is 1. The molecule has 0 unspecified atom stereocenters. The Balaban J connectivity index is 1.76. The van der Waals surface area contributed by atoms with Crippen LogP contribution in [0.2, 0.25) is 10.2 Å². The average Bonchev–Trinajstić information content (AvgIpc) is 2.85. The number of halogens is 2. The maximum Gasteiger partial charge on any atom is 0.227 e. The quantitative estimate of drug-likeness (QED) is 0.517. The van der Waals surface area contributed by atoms with Crippen molar-refractivity contribution in [2.75, 3.05) is 18.9 Å². The molecule has 2 aromatic heterocycles. The van der Waals surface area contributed by atoms with Gasteiger partial charge in [-0.05, 0) is 25.1 Å². The Morgan fingerprint density at radius 3 is 2.69 bits per heavy atom. The zero-order valence-corrected chi connectivity index (χ0v) is 16.4. The minimum atomic E-state index is -0.118. The first-order valence-corrected chi connectivity index (χ1v) is 8.84. The first-order valence-electron chi connectivity index (χ1n) is 8.08. The van der Waals surface area contributed by atoms with Gasteiger partial charge < -0.3 is 20.5 Å². The van der Waals surface area contributed by atoms with Gasteiger partial charge in [-0.3, -0.25) is 9.79 Å². The Bertz CT molecular complexity index is 803. The molecule has 0 spiro atoms. The van der Waals surface area contributed by atoms with E-state index < -0.39 is 0 Å². The second-order valence-corrected chi connectivity index (χ2v) is 6.41. The zero-order valence-electron chi connectivity index (χ0n) is 14.9. The lowest BCUT2D eigenvalue weighted by atomic mass is 10.3. The van der Waals surface area contributed by atoms with Gasteiger partial charge in [-0.1, -0.05) is 29.3 Å². The van der Waals surface area contributed by atoms with Crippen LogP contribution in [0.3, 0.4) is 0 Å². The first kappa shape index (κ1) is 20.1. The summed E-state index contributed by atoms with van der Waals surface area (Å²) in [5, 5.41) is 10.0. The Morgan fingerprint density at radius 1 is 1.31 bits per heavy atom. The van der Waals surface area contributed by atoms with Crippen molar-refractivity contribution in [1.29, 1.82) is 0 Å². The van der Waals surface area contributed by atoms with Crippen molar-refractivity contribution < 1.29 is 4.79 Å². The van der Waals surface area contributed by atoms with E-state index in [-0.39, 0.29) is 12.3 Å². The number of amides is 1. The molecule has 9 heteroatoms. The summed E-state index contributed by atoms with van der Waals surface area (Å²) < 4.78 is 1.80. The monoisotopic (exact) mass is 396 g/mol. The number of hydrogen-bond donors (Lipinski definition) is 3. The predicted octanol–water partition coefficient (Wildman–Crippen LogP) is 2.73.